The summed E-state index contributed by atoms with van der Waals surface area (Å²) >= 11 is 1.52. The summed E-state index contributed by atoms with van der Waals surface area (Å²) in [4.78, 5) is 17.7. The lowest BCUT2D eigenvalue weighted by atomic mass is 10.1. The highest BCUT2D eigenvalue weighted by Crippen LogP contribution is 2.23. The molecule has 0 fully saturated rings. The SMILES string of the molecule is CC(CC(O)c1cccs1)NC(=O)c1cccc2ncccc12. The van der Waals surface area contributed by atoms with E-state index in [1.165, 1.54) is 11.3 Å². The first kappa shape index (κ1) is 15.6. The average Bonchev–Trinajstić information content (AvgIpc) is 3.08. The van der Waals surface area contributed by atoms with Crippen molar-refractivity contribution in [2.45, 2.75) is 25.5 Å². The van der Waals surface area contributed by atoms with Gasteiger partial charge in [-0.3, -0.25) is 9.78 Å². The second-order valence-electron chi connectivity index (χ2n) is 5.52. The Morgan fingerprint density at radius 1 is 1.26 bits per heavy atom. The van der Waals surface area contributed by atoms with Gasteiger partial charge in [0, 0.05) is 28.1 Å². The van der Waals surface area contributed by atoms with Gasteiger partial charge in [-0.15, -0.1) is 11.3 Å². The van der Waals surface area contributed by atoms with Crippen molar-refractivity contribution in [3.8, 4) is 0 Å². The van der Waals surface area contributed by atoms with Crippen molar-refractivity contribution in [1.82, 2.24) is 10.3 Å². The Morgan fingerprint density at radius 2 is 2.13 bits per heavy atom. The second kappa shape index (κ2) is 6.89. The van der Waals surface area contributed by atoms with Gasteiger partial charge in [0.05, 0.1) is 11.6 Å². The zero-order valence-electron chi connectivity index (χ0n) is 12.8. The summed E-state index contributed by atoms with van der Waals surface area (Å²) in [7, 11) is 0. The van der Waals surface area contributed by atoms with E-state index in [-0.39, 0.29) is 11.9 Å². The van der Waals surface area contributed by atoms with Gasteiger partial charge >= 0.3 is 0 Å². The quantitative estimate of drug-likeness (QED) is 0.754. The number of nitrogens with zero attached hydrogens (tertiary/aromatic N) is 1. The molecule has 23 heavy (non-hydrogen) atoms. The number of aromatic nitrogens is 1. The Balaban J connectivity index is 1.70. The zero-order chi connectivity index (χ0) is 16.2. The van der Waals surface area contributed by atoms with E-state index in [4.69, 9.17) is 0 Å². The maximum absolute atomic E-state index is 12.5. The number of carbonyl (C=O) groups is 1. The molecule has 4 nitrogen and oxygen atoms in total. The maximum Gasteiger partial charge on any atom is 0.252 e. The first-order valence-corrected chi connectivity index (χ1v) is 8.39. The molecule has 2 atom stereocenters. The molecule has 2 N–H and O–H groups in total. The van der Waals surface area contributed by atoms with Crippen molar-refractivity contribution in [2.75, 3.05) is 0 Å². The molecule has 2 heterocycles. The zero-order valence-corrected chi connectivity index (χ0v) is 13.6. The van der Waals surface area contributed by atoms with Gasteiger partial charge in [0.15, 0.2) is 0 Å². The fourth-order valence-corrected chi connectivity index (χ4v) is 3.32. The van der Waals surface area contributed by atoms with Crippen LogP contribution in [0.2, 0.25) is 0 Å². The summed E-state index contributed by atoms with van der Waals surface area (Å²) < 4.78 is 0. The summed E-state index contributed by atoms with van der Waals surface area (Å²) in [6, 6.07) is 12.9. The molecule has 0 saturated carbocycles. The van der Waals surface area contributed by atoms with Gasteiger partial charge in [0.2, 0.25) is 0 Å². The van der Waals surface area contributed by atoms with Crippen LogP contribution in [0.3, 0.4) is 0 Å². The van der Waals surface area contributed by atoms with Crippen LogP contribution in [-0.4, -0.2) is 22.0 Å². The van der Waals surface area contributed by atoms with E-state index in [9.17, 15) is 9.90 Å². The third-order valence-corrected chi connectivity index (χ3v) is 4.69. The number of nitrogens with one attached hydrogen (secondary N) is 1. The predicted molar refractivity (Wildman–Crippen MR) is 92.6 cm³/mol. The van der Waals surface area contributed by atoms with Crippen molar-refractivity contribution in [2.24, 2.45) is 0 Å². The third kappa shape index (κ3) is 3.57. The lowest BCUT2D eigenvalue weighted by Gasteiger charge is -2.17. The molecule has 3 rings (SSSR count). The number of rotatable bonds is 5. The number of pyridine rings is 1. The van der Waals surface area contributed by atoms with E-state index in [1.54, 1.807) is 12.3 Å². The summed E-state index contributed by atoms with van der Waals surface area (Å²) in [5.41, 5.74) is 1.40. The van der Waals surface area contributed by atoms with Gasteiger partial charge in [0.1, 0.15) is 0 Å². The van der Waals surface area contributed by atoms with E-state index >= 15 is 0 Å². The molecule has 5 heteroatoms. The Hall–Kier alpha value is -2.24. The maximum atomic E-state index is 12.5. The second-order valence-corrected chi connectivity index (χ2v) is 6.50. The normalized spacial score (nSPS) is 13.7. The van der Waals surface area contributed by atoms with Crippen molar-refractivity contribution in [1.29, 1.82) is 0 Å². The summed E-state index contributed by atoms with van der Waals surface area (Å²) in [5.74, 6) is -0.144. The molecule has 0 aliphatic carbocycles. The molecule has 118 valence electrons. The number of hydrogen-bond donors (Lipinski definition) is 2. The molecular weight excluding hydrogens is 308 g/mol. The molecule has 3 aromatic rings. The number of thiophene rings is 1. The highest BCUT2D eigenvalue weighted by Gasteiger charge is 2.17. The van der Waals surface area contributed by atoms with Crippen LogP contribution in [0.25, 0.3) is 10.9 Å². The van der Waals surface area contributed by atoms with Crippen molar-refractivity contribution >= 4 is 28.1 Å². The molecule has 0 spiro atoms. The van der Waals surface area contributed by atoms with Gasteiger partial charge < -0.3 is 10.4 Å². The largest absolute Gasteiger partial charge is 0.387 e. The van der Waals surface area contributed by atoms with Gasteiger partial charge in [0.25, 0.3) is 5.91 Å². The number of benzene rings is 1. The van der Waals surface area contributed by atoms with Crippen molar-refractivity contribution < 1.29 is 9.90 Å². The number of fused-ring (bicyclic) bond motifs is 1. The third-order valence-electron chi connectivity index (χ3n) is 3.72. The average molecular weight is 326 g/mol. The monoisotopic (exact) mass is 326 g/mol. The first-order chi connectivity index (χ1) is 11.1. The van der Waals surface area contributed by atoms with Gasteiger partial charge in [-0.25, -0.2) is 0 Å². The Labute approximate surface area is 138 Å². The van der Waals surface area contributed by atoms with E-state index < -0.39 is 6.10 Å². The fourth-order valence-electron chi connectivity index (χ4n) is 2.59. The molecule has 1 amide bonds. The van der Waals surface area contributed by atoms with Crippen LogP contribution in [-0.2, 0) is 0 Å². The fraction of sp³-hybridized carbons (Fsp3) is 0.222. The van der Waals surface area contributed by atoms with Gasteiger partial charge in [-0.1, -0.05) is 18.2 Å². The molecular formula is C18H18N2O2S. The van der Waals surface area contributed by atoms with Crippen LogP contribution in [0.4, 0.5) is 0 Å². The minimum atomic E-state index is -0.556. The van der Waals surface area contributed by atoms with Crippen LogP contribution in [0.1, 0.15) is 34.7 Å². The highest BCUT2D eigenvalue weighted by atomic mass is 32.1. The summed E-state index contributed by atoms with van der Waals surface area (Å²) in [5, 5.41) is 15.9. The van der Waals surface area contributed by atoms with Crippen molar-refractivity contribution in [3.05, 3.63) is 64.5 Å². The number of aliphatic hydroxyl groups excluding tert-OH is 1. The Kier molecular flexibility index (Phi) is 4.69. The van der Waals surface area contributed by atoms with Crippen LogP contribution in [0.5, 0.6) is 0 Å². The molecule has 2 aromatic heterocycles. The van der Waals surface area contributed by atoms with E-state index in [0.717, 1.165) is 15.8 Å². The lowest BCUT2D eigenvalue weighted by Crippen LogP contribution is -2.33. The molecule has 0 bridgehead atoms. The summed E-state index contributed by atoms with van der Waals surface area (Å²) in [6.45, 7) is 1.90. The highest BCUT2D eigenvalue weighted by molar-refractivity contribution is 7.10. The predicted octanol–water partition coefficient (Wildman–Crippen LogP) is 3.54. The molecule has 2 unspecified atom stereocenters. The first-order valence-electron chi connectivity index (χ1n) is 7.51. The molecule has 0 saturated heterocycles. The molecule has 0 radical (unpaired) electrons. The van der Waals surface area contributed by atoms with Crippen LogP contribution >= 0.6 is 11.3 Å². The minimum absolute atomic E-state index is 0.133. The molecule has 1 aromatic carbocycles. The van der Waals surface area contributed by atoms with Gasteiger partial charge in [-0.2, -0.15) is 0 Å². The molecule has 0 aliphatic heterocycles. The van der Waals surface area contributed by atoms with Crippen LogP contribution in [0.15, 0.2) is 54.0 Å². The Morgan fingerprint density at radius 3 is 2.91 bits per heavy atom. The molecule has 0 aliphatic rings. The van der Waals surface area contributed by atoms with Crippen LogP contribution in [0, 0.1) is 0 Å². The van der Waals surface area contributed by atoms with E-state index in [0.29, 0.717) is 12.0 Å². The van der Waals surface area contributed by atoms with Crippen molar-refractivity contribution in [3.63, 3.8) is 0 Å². The van der Waals surface area contributed by atoms with E-state index in [2.05, 4.69) is 10.3 Å². The number of aliphatic hydroxyl groups is 1. The minimum Gasteiger partial charge on any atom is -0.387 e. The summed E-state index contributed by atoms with van der Waals surface area (Å²) in [6.07, 6.45) is 1.64. The smallest absolute Gasteiger partial charge is 0.252 e. The standard InChI is InChI=1S/C18H18N2O2S/c1-12(11-16(21)17-8-4-10-23-17)20-18(22)14-5-2-7-15-13(14)6-3-9-19-15/h2-10,12,16,21H,11H2,1H3,(H,20,22). The Bertz CT molecular complexity index is 796. The number of amides is 1. The number of carbonyl (C=O) groups excluding carboxylic acids is 1. The topological polar surface area (TPSA) is 62.2 Å². The van der Waals surface area contributed by atoms with Crippen LogP contribution < -0.4 is 5.32 Å². The number of hydrogen-bond acceptors (Lipinski definition) is 4. The lowest BCUT2D eigenvalue weighted by molar-refractivity contribution is 0.0920. The van der Waals surface area contributed by atoms with E-state index in [1.807, 2.05) is 48.7 Å². The van der Waals surface area contributed by atoms with Gasteiger partial charge in [-0.05, 0) is 43.0 Å².